The van der Waals surface area contributed by atoms with Gasteiger partial charge in [-0.15, -0.1) is 0 Å². The minimum absolute atomic E-state index is 0.0980. The van der Waals surface area contributed by atoms with Crippen LogP contribution in [0.15, 0.2) is 41.6 Å². The smallest absolute Gasteiger partial charge is 0.335 e. The van der Waals surface area contributed by atoms with Crippen molar-refractivity contribution in [1.29, 1.82) is 0 Å². The molecule has 0 aliphatic carbocycles. The van der Waals surface area contributed by atoms with E-state index in [-0.39, 0.29) is 16.1 Å². The third-order valence-corrected chi connectivity index (χ3v) is 3.93. The Balaban J connectivity index is 2.45. The minimum atomic E-state index is -3.99. The molecule has 0 spiro atoms. The summed E-state index contributed by atoms with van der Waals surface area (Å²) in [5, 5.41) is 19.7. The number of hydrogen-bond acceptors (Lipinski definition) is 5. The van der Waals surface area contributed by atoms with Crippen LogP contribution >= 0.6 is 0 Å². The van der Waals surface area contributed by atoms with E-state index in [1.54, 1.807) is 0 Å². The number of sulfonamides is 1. The molecule has 0 aliphatic rings. The number of benzene rings is 1. The fraction of sp³-hybridized carbons (Fsp3) is 0. The summed E-state index contributed by atoms with van der Waals surface area (Å²) < 4.78 is 26.0. The minimum Gasteiger partial charge on any atom is -0.478 e. The predicted octanol–water partition coefficient (Wildman–Crippen LogP) is 1.42. The fourth-order valence-electron chi connectivity index (χ4n) is 1.58. The average molecular weight is 311 g/mol. The first kappa shape index (κ1) is 14.5. The highest BCUT2D eigenvalue weighted by Gasteiger charge is 2.22. The number of hydrogen-bond donors (Lipinski definition) is 3. The number of aromatic amines is 1. The molecule has 9 nitrogen and oxygen atoms in total. The van der Waals surface area contributed by atoms with Gasteiger partial charge in [0.15, 0.2) is 0 Å². The number of carboxylic acid groups (broad SMARTS) is 1. The van der Waals surface area contributed by atoms with Crippen LogP contribution in [0.5, 0.6) is 0 Å². The molecule has 0 unspecified atom stereocenters. The van der Waals surface area contributed by atoms with Gasteiger partial charge >= 0.3 is 5.97 Å². The Labute approximate surface area is 118 Å². The molecule has 0 radical (unpaired) electrons. The van der Waals surface area contributed by atoms with E-state index in [1.807, 2.05) is 0 Å². The average Bonchev–Trinajstić information content (AvgIpc) is 2.92. The van der Waals surface area contributed by atoms with E-state index in [0.717, 1.165) is 18.2 Å². The van der Waals surface area contributed by atoms with Crippen molar-refractivity contribution in [1.82, 2.24) is 4.98 Å². The topological polar surface area (TPSA) is 142 Å². The standard InChI is InChI=1S/C11H9N3O6S/c15-11(16)7-1-2-9(10(5-7)14(17)18)13-21(19,20)8-3-4-12-6-8/h1-6,12-13H,(H,15,16). The van der Waals surface area contributed by atoms with Crippen molar-refractivity contribution in [2.24, 2.45) is 0 Å². The second-order valence-electron chi connectivity index (χ2n) is 3.95. The van der Waals surface area contributed by atoms with Crippen molar-refractivity contribution in [3.05, 3.63) is 52.3 Å². The molecule has 0 saturated heterocycles. The maximum absolute atomic E-state index is 12.0. The van der Waals surface area contributed by atoms with Crippen molar-refractivity contribution in [2.45, 2.75) is 4.90 Å². The van der Waals surface area contributed by atoms with E-state index in [9.17, 15) is 23.3 Å². The van der Waals surface area contributed by atoms with Gasteiger partial charge in [0.1, 0.15) is 10.6 Å². The van der Waals surface area contributed by atoms with Crippen LogP contribution in [0.3, 0.4) is 0 Å². The molecule has 0 saturated carbocycles. The first-order valence-corrected chi connectivity index (χ1v) is 6.97. The summed E-state index contributed by atoms with van der Waals surface area (Å²) in [6.07, 6.45) is 2.59. The number of aromatic nitrogens is 1. The lowest BCUT2D eigenvalue weighted by Crippen LogP contribution is -2.13. The van der Waals surface area contributed by atoms with Gasteiger partial charge in [0, 0.05) is 18.5 Å². The maximum atomic E-state index is 12.0. The number of nitrogens with one attached hydrogen (secondary N) is 2. The summed E-state index contributed by atoms with van der Waals surface area (Å²) in [4.78, 5) is 23.3. The molecule has 21 heavy (non-hydrogen) atoms. The number of carboxylic acids is 1. The van der Waals surface area contributed by atoms with Crippen LogP contribution < -0.4 is 4.72 Å². The summed E-state index contributed by atoms with van der Waals surface area (Å²) in [5.74, 6) is -1.35. The normalized spacial score (nSPS) is 11.0. The molecule has 1 aromatic heterocycles. The number of nitrogens with zero attached hydrogens (tertiary/aromatic N) is 1. The van der Waals surface area contributed by atoms with Crippen LogP contribution in [-0.4, -0.2) is 29.4 Å². The van der Waals surface area contributed by atoms with Gasteiger partial charge in [-0.05, 0) is 18.2 Å². The number of nitro benzene ring substituents is 1. The second kappa shape index (κ2) is 5.25. The highest BCUT2D eigenvalue weighted by Crippen LogP contribution is 2.27. The van der Waals surface area contributed by atoms with Crippen LogP contribution in [0.4, 0.5) is 11.4 Å². The first-order chi connectivity index (χ1) is 9.81. The molecule has 0 atom stereocenters. The van der Waals surface area contributed by atoms with E-state index >= 15 is 0 Å². The molecule has 2 aromatic rings. The number of carbonyl (C=O) groups is 1. The lowest BCUT2D eigenvalue weighted by atomic mass is 10.2. The van der Waals surface area contributed by atoms with Crippen molar-refractivity contribution in [3.8, 4) is 0 Å². The molecule has 0 fully saturated rings. The number of nitro groups is 1. The lowest BCUT2D eigenvalue weighted by Gasteiger charge is -2.07. The molecule has 0 amide bonds. The highest BCUT2D eigenvalue weighted by atomic mass is 32.2. The summed E-state index contributed by atoms with van der Waals surface area (Å²) >= 11 is 0. The summed E-state index contributed by atoms with van der Waals surface area (Å²) in [6, 6.07) is 4.17. The quantitative estimate of drug-likeness (QED) is 0.563. The third kappa shape index (κ3) is 3.00. The van der Waals surface area contributed by atoms with Crippen molar-refractivity contribution in [2.75, 3.05) is 4.72 Å². The SMILES string of the molecule is O=C(O)c1ccc(NS(=O)(=O)c2cc[nH]c2)c([N+](=O)[O-])c1. The number of aromatic carboxylic acids is 1. The Hall–Kier alpha value is -2.88. The summed E-state index contributed by atoms with van der Waals surface area (Å²) in [7, 11) is -3.99. The molecular weight excluding hydrogens is 302 g/mol. The van der Waals surface area contributed by atoms with Crippen molar-refractivity contribution < 1.29 is 23.2 Å². The van der Waals surface area contributed by atoms with Gasteiger partial charge in [0.05, 0.1) is 10.5 Å². The lowest BCUT2D eigenvalue weighted by molar-refractivity contribution is -0.383. The molecule has 2 rings (SSSR count). The Morgan fingerprint density at radius 3 is 2.57 bits per heavy atom. The fourth-order valence-corrected chi connectivity index (χ4v) is 2.63. The van der Waals surface area contributed by atoms with Gasteiger partial charge in [-0.2, -0.15) is 0 Å². The number of anilines is 1. The van der Waals surface area contributed by atoms with Crippen LogP contribution in [0, 0.1) is 10.1 Å². The molecule has 110 valence electrons. The van der Waals surface area contributed by atoms with Crippen molar-refractivity contribution in [3.63, 3.8) is 0 Å². The van der Waals surface area contributed by atoms with E-state index < -0.39 is 26.6 Å². The van der Waals surface area contributed by atoms with Crippen molar-refractivity contribution >= 4 is 27.4 Å². The van der Waals surface area contributed by atoms with Crippen LogP contribution in [0.25, 0.3) is 0 Å². The number of rotatable bonds is 5. The highest BCUT2D eigenvalue weighted by molar-refractivity contribution is 7.92. The van der Waals surface area contributed by atoms with E-state index in [2.05, 4.69) is 9.71 Å². The first-order valence-electron chi connectivity index (χ1n) is 5.48. The van der Waals surface area contributed by atoms with E-state index in [0.29, 0.717) is 0 Å². The van der Waals surface area contributed by atoms with Gasteiger partial charge in [-0.25, -0.2) is 13.2 Å². The van der Waals surface area contributed by atoms with Gasteiger partial charge in [-0.3, -0.25) is 14.8 Å². The van der Waals surface area contributed by atoms with Gasteiger partial charge in [0.25, 0.3) is 15.7 Å². The zero-order valence-electron chi connectivity index (χ0n) is 10.3. The summed E-state index contributed by atoms with van der Waals surface area (Å²) in [6.45, 7) is 0. The van der Waals surface area contributed by atoms with Crippen LogP contribution in [0.2, 0.25) is 0 Å². The largest absolute Gasteiger partial charge is 0.478 e. The molecular formula is C11H9N3O6S. The molecule has 3 N–H and O–H groups in total. The third-order valence-electron chi connectivity index (χ3n) is 2.57. The molecule has 1 aromatic carbocycles. The number of H-pyrrole nitrogens is 1. The second-order valence-corrected chi connectivity index (χ2v) is 5.63. The Kier molecular flexibility index (Phi) is 3.63. The predicted molar refractivity (Wildman–Crippen MR) is 71.7 cm³/mol. The molecule has 0 bridgehead atoms. The van der Waals surface area contributed by atoms with Crippen LogP contribution in [0.1, 0.15) is 10.4 Å². The monoisotopic (exact) mass is 311 g/mol. The van der Waals surface area contributed by atoms with E-state index in [4.69, 9.17) is 5.11 Å². The Bertz CT molecular complexity index is 797. The van der Waals surface area contributed by atoms with Gasteiger partial charge in [-0.1, -0.05) is 0 Å². The van der Waals surface area contributed by atoms with Crippen LogP contribution in [-0.2, 0) is 10.0 Å². The maximum Gasteiger partial charge on any atom is 0.335 e. The molecule has 1 heterocycles. The zero-order chi connectivity index (χ0) is 15.6. The Morgan fingerprint density at radius 1 is 1.33 bits per heavy atom. The molecule has 0 aliphatic heterocycles. The summed E-state index contributed by atoms with van der Waals surface area (Å²) in [5.41, 5.74) is -1.27. The Morgan fingerprint density at radius 2 is 2.05 bits per heavy atom. The van der Waals surface area contributed by atoms with E-state index in [1.165, 1.54) is 18.5 Å². The van der Waals surface area contributed by atoms with Gasteiger partial charge < -0.3 is 10.1 Å². The molecule has 10 heteroatoms. The zero-order valence-corrected chi connectivity index (χ0v) is 11.1. The van der Waals surface area contributed by atoms with Gasteiger partial charge in [0.2, 0.25) is 0 Å².